The van der Waals surface area contributed by atoms with E-state index in [1.165, 1.54) is 24.1 Å². The van der Waals surface area contributed by atoms with Crippen molar-refractivity contribution in [2.45, 2.75) is 32.6 Å². The number of hydrogen-bond acceptors (Lipinski definition) is 1. The Morgan fingerprint density at radius 3 is 2.91 bits per heavy atom. The fourth-order valence-electron chi connectivity index (χ4n) is 3.50. The highest BCUT2D eigenvalue weighted by Gasteiger charge is 2.27. The molecule has 2 heterocycles. The van der Waals surface area contributed by atoms with Crippen molar-refractivity contribution < 1.29 is 4.79 Å². The molecule has 0 radical (unpaired) electrons. The minimum atomic E-state index is -0.0121. The van der Waals surface area contributed by atoms with Crippen molar-refractivity contribution in [3.05, 3.63) is 50.8 Å². The van der Waals surface area contributed by atoms with E-state index in [-0.39, 0.29) is 5.91 Å². The maximum Gasteiger partial charge on any atom is 0.256 e. The molecule has 1 aromatic heterocycles. The number of aromatic amines is 1. The number of amides is 1. The summed E-state index contributed by atoms with van der Waals surface area (Å²) >= 11 is 3.56. The lowest BCUT2D eigenvalue weighted by molar-refractivity contribution is -0.110. The Morgan fingerprint density at radius 2 is 2.05 bits per heavy atom. The third-order valence-electron chi connectivity index (χ3n) is 4.68. The average Bonchev–Trinajstić information content (AvgIpc) is 3.06. The van der Waals surface area contributed by atoms with Crippen molar-refractivity contribution in [3.63, 3.8) is 0 Å². The molecule has 4 heteroatoms. The SMILES string of the molecule is Cc1c(Br)ccc2c1C(=Cc1c[nH]c3c1CCCC3)C(=O)N2. The van der Waals surface area contributed by atoms with Crippen LogP contribution >= 0.6 is 15.9 Å². The first kappa shape index (κ1) is 13.8. The maximum atomic E-state index is 12.4. The van der Waals surface area contributed by atoms with E-state index in [1.54, 1.807) is 0 Å². The molecule has 1 aliphatic heterocycles. The summed E-state index contributed by atoms with van der Waals surface area (Å²) in [7, 11) is 0. The van der Waals surface area contributed by atoms with E-state index in [4.69, 9.17) is 0 Å². The van der Waals surface area contributed by atoms with E-state index in [0.29, 0.717) is 0 Å². The second kappa shape index (κ2) is 5.13. The van der Waals surface area contributed by atoms with Crippen LogP contribution in [0, 0.1) is 6.92 Å². The summed E-state index contributed by atoms with van der Waals surface area (Å²) in [6.07, 6.45) is 8.78. The van der Waals surface area contributed by atoms with E-state index < -0.39 is 0 Å². The molecule has 0 saturated heterocycles. The van der Waals surface area contributed by atoms with Gasteiger partial charge >= 0.3 is 0 Å². The van der Waals surface area contributed by atoms with Crippen LogP contribution in [0.25, 0.3) is 11.6 Å². The summed E-state index contributed by atoms with van der Waals surface area (Å²) in [4.78, 5) is 15.8. The van der Waals surface area contributed by atoms with E-state index in [1.807, 2.05) is 31.3 Å². The molecule has 4 rings (SSSR count). The molecule has 3 nitrogen and oxygen atoms in total. The van der Waals surface area contributed by atoms with E-state index in [0.717, 1.165) is 45.3 Å². The van der Waals surface area contributed by atoms with Gasteiger partial charge in [0, 0.05) is 33.2 Å². The maximum absolute atomic E-state index is 12.4. The molecule has 2 aromatic rings. The Hall–Kier alpha value is -1.81. The van der Waals surface area contributed by atoms with Crippen molar-refractivity contribution in [3.8, 4) is 0 Å². The Kier molecular flexibility index (Phi) is 3.22. The van der Waals surface area contributed by atoms with Gasteiger partial charge < -0.3 is 10.3 Å². The number of H-pyrrole nitrogens is 1. The minimum Gasteiger partial charge on any atom is -0.364 e. The largest absolute Gasteiger partial charge is 0.364 e. The highest BCUT2D eigenvalue weighted by atomic mass is 79.9. The predicted octanol–water partition coefficient (Wildman–Crippen LogP) is 4.46. The Morgan fingerprint density at radius 1 is 1.23 bits per heavy atom. The van der Waals surface area contributed by atoms with Gasteiger partial charge in [0.05, 0.1) is 0 Å². The predicted molar refractivity (Wildman–Crippen MR) is 92.8 cm³/mol. The van der Waals surface area contributed by atoms with Crippen LogP contribution in [-0.2, 0) is 17.6 Å². The summed E-state index contributed by atoms with van der Waals surface area (Å²) < 4.78 is 1.03. The van der Waals surface area contributed by atoms with Crippen LogP contribution in [0.3, 0.4) is 0 Å². The van der Waals surface area contributed by atoms with Crippen LogP contribution in [0.2, 0.25) is 0 Å². The van der Waals surface area contributed by atoms with Gasteiger partial charge in [0.25, 0.3) is 5.91 Å². The van der Waals surface area contributed by atoms with Gasteiger partial charge in [-0.05, 0) is 67.5 Å². The van der Waals surface area contributed by atoms with Gasteiger partial charge in [-0.1, -0.05) is 15.9 Å². The van der Waals surface area contributed by atoms with Gasteiger partial charge in [-0.3, -0.25) is 4.79 Å². The van der Waals surface area contributed by atoms with Gasteiger partial charge in [0.15, 0.2) is 0 Å². The highest BCUT2D eigenvalue weighted by molar-refractivity contribution is 9.10. The number of aromatic nitrogens is 1. The van der Waals surface area contributed by atoms with Gasteiger partial charge in [0.2, 0.25) is 0 Å². The lowest BCUT2D eigenvalue weighted by Gasteiger charge is -2.11. The zero-order valence-electron chi connectivity index (χ0n) is 12.4. The number of fused-ring (bicyclic) bond motifs is 2. The third kappa shape index (κ3) is 2.05. The minimum absolute atomic E-state index is 0.0121. The lowest BCUT2D eigenvalue weighted by atomic mass is 9.93. The second-order valence-electron chi connectivity index (χ2n) is 6.02. The van der Waals surface area contributed by atoms with Crippen LogP contribution in [0.4, 0.5) is 5.69 Å². The van der Waals surface area contributed by atoms with Gasteiger partial charge in [-0.2, -0.15) is 0 Å². The standard InChI is InChI=1S/C18H17BrN2O/c1-10-14(19)6-7-16-17(10)13(18(22)21-16)8-11-9-20-15-5-3-2-4-12(11)15/h6-9,20H,2-5H2,1H3,(H,21,22). The van der Waals surface area contributed by atoms with Gasteiger partial charge in [0.1, 0.15) is 0 Å². The monoisotopic (exact) mass is 356 g/mol. The second-order valence-corrected chi connectivity index (χ2v) is 6.87. The first-order valence-corrected chi connectivity index (χ1v) is 8.46. The summed E-state index contributed by atoms with van der Waals surface area (Å²) in [5.74, 6) is -0.0121. The van der Waals surface area contributed by atoms with Crippen LogP contribution < -0.4 is 5.32 Å². The fraction of sp³-hybridized carbons (Fsp3) is 0.278. The lowest BCUT2D eigenvalue weighted by Crippen LogP contribution is -2.04. The average molecular weight is 357 g/mol. The molecule has 0 fully saturated rings. The Bertz CT molecular complexity index is 817. The molecule has 1 aromatic carbocycles. The van der Waals surface area contributed by atoms with Crippen molar-refractivity contribution in [1.29, 1.82) is 0 Å². The zero-order chi connectivity index (χ0) is 15.3. The summed E-state index contributed by atoms with van der Waals surface area (Å²) in [5, 5.41) is 2.97. The molecule has 112 valence electrons. The van der Waals surface area contributed by atoms with Crippen molar-refractivity contribution in [1.82, 2.24) is 4.98 Å². The molecule has 0 atom stereocenters. The first-order chi connectivity index (χ1) is 10.6. The first-order valence-electron chi connectivity index (χ1n) is 7.67. The number of nitrogens with one attached hydrogen (secondary N) is 2. The van der Waals surface area contributed by atoms with E-state index in [2.05, 4.69) is 26.2 Å². The number of carbonyl (C=O) groups is 1. The number of halogens is 1. The third-order valence-corrected chi connectivity index (χ3v) is 5.54. The van der Waals surface area contributed by atoms with Gasteiger partial charge in [-0.25, -0.2) is 0 Å². The molecule has 0 unspecified atom stereocenters. The van der Waals surface area contributed by atoms with Crippen molar-refractivity contribution in [2.24, 2.45) is 0 Å². The van der Waals surface area contributed by atoms with Crippen LogP contribution in [0.15, 0.2) is 22.8 Å². The smallest absolute Gasteiger partial charge is 0.256 e. The molecule has 1 amide bonds. The van der Waals surface area contributed by atoms with Gasteiger partial charge in [-0.15, -0.1) is 0 Å². The molecule has 0 saturated carbocycles. The van der Waals surface area contributed by atoms with E-state index >= 15 is 0 Å². The Labute approximate surface area is 137 Å². The summed E-state index contributed by atoms with van der Waals surface area (Å²) in [6.45, 7) is 2.05. The highest BCUT2D eigenvalue weighted by Crippen LogP contribution is 2.39. The quantitative estimate of drug-likeness (QED) is 0.728. The topological polar surface area (TPSA) is 44.9 Å². The number of aryl methyl sites for hydroxylation is 1. The molecule has 1 aliphatic carbocycles. The summed E-state index contributed by atoms with van der Waals surface area (Å²) in [5.41, 5.74) is 7.67. The number of benzene rings is 1. The van der Waals surface area contributed by atoms with Crippen LogP contribution in [0.1, 0.15) is 40.8 Å². The van der Waals surface area contributed by atoms with Crippen molar-refractivity contribution in [2.75, 3.05) is 5.32 Å². The number of carbonyl (C=O) groups excluding carboxylic acids is 1. The van der Waals surface area contributed by atoms with Crippen molar-refractivity contribution >= 4 is 39.2 Å². The normalized spacial score (nSPS) is 18.3. The molecular formula is C18H17BrN2O. The fourth-order valence-corrected chi connectivity index (χ4v) is 3.83. The Balaban J connectivity index is 1.86. The molecule has 2 aliphatic rings. The van der Waals surface area contributed by atoms with Crippen LogP contribution in [-0.4, -0.2) is 10.9 Å². The van der Waals surface area contributed by atoms with E-state index in [9.17, 15) is 4.79 Å². The summed E-state index contributed by atoms with van der Waals surface area (Å²) in [6, 6.07) is 3.94. The molecule has 2 N–H and O–H groups in total. The van der Waals surface area contributed by atoms with Crippen LogP contribution in [0.5, 0.6) is 0 Å². The molecule has 0 bridgehead atoms. The molecular weight excluding hydrogens is 340 g/mol. The number of rotatable bonds is 1. The number of hydrogen-bond donors (Lipinski definition) is 2. The zero-order valence-corrected chi connectivity index (χ0v) is 14.0. The molecule has 22 heavy (non-hydrogen) atoms. The molecule has 0 spiro atoms. The number of anilines is 1.